The summed E-state index contributed by atoms with van der Waals surface area (Å²) in [5.74, 6) is -0.805. The molecule has 0 aliphatic heterocycles. The normalized spacial score (nSPS) is 11.4. The van der Waals surface area contributed by atoms with E-state index in [2.05, 4.69) is 25.6 Å². The van der Waals surface area contributed by atoms with Crippen LogP contribution in [0.1, 0.15) is 0 Å². The molecule has 0 saturated carbocycles. The van der Waals surface area contributed by atoms with Crippen LogP contribution in [0.3, 0.4) is 0 Å². The number of sulfonamides is 1. The van der Waals surface area contributed by atoms with Crippen LogP contribution in [-0.4, -0.2) is 13.4 Å². The van der Waals surface area contributed by atoms with Crippen molar-refractivity contribution in [2.24, 2.45) is 0 Å². The molecule has 1 N–H and O–H groups in total. The fourth-order valence-electron chi connectivity index (χ4n) is 1.37. The third kappa shape index (κ3) is 3.41. The summed E-state index contributed by atoms with van der Waals surface area (Å²) < 4.78 is 40.2. The first kappa shape index (κ1) is 15.5. The number of aromatic nitrogens is 1. The topological polar surface area (TPSA) is 59.1 Å². The molecule has 0 radical (unpaired) electrons. The highest BCUT2D eigenvalue weighted by Crippen LogP contribution is 2.28. The van der Waals surface area contributed by atoms with Crippen LogP contribution in [0.15, 0.2) is 40.0 Å². The predicted octanol–water partition coefficient (Wildman–Crippen LogP) is 4.09. The van der Waals surface area contributed by atoms with Gasteiger partial charge in [0.2, 0.25) is 0 Å². The van der Waals surface area contributed by atoms with E-state index in [0.29, 0.717) is 4.47 Å². The molecule has 0 unspecified atom stereocenters. The van der Waals surface area contributed by atoms with Gasteiger partial charge < -0.3 is 0 Å². The van der Waals surface area contributed by atoms with Crippen LogP contribution >= 0.6 is 39.1 Å². The molecule has 0 bridgehead atoms. The molecule has 2 rings (SSSR count). The quantitative estimate of drug-likeness (QED) is 0.790. The van der Waals surface area contributed by atoms with Crippen molar-refractivity contribution in [1.82, 2.24) is 4.98 Å². The lowest BCUT2D eigenvalue weighted by Gasteiger charge is -2.09. The van der Waals surface area contributed by atoms with Gasteiger partial charge in [-0.3, -0.25) is 9.71 Å². The number of anilines is 1. The summed E-state index contributed by atoms with van der Waals surface area (Å²) in [5.41, 5.74) is 0.0568. The molecule has 4 nitrogen and oxygen atoms in total. The number of hydrogen-bond donors (Lipinski definition) is 1. The van der Waals surface area contributed by atoms with E-state index in [4.69, 9.17) is 23.2 Å². The van der Waals surface area contributed by atoms with Crippen molar-refractivity contribution in [1.29, 1.82) is 0 Å². The zero-order valence-electron chi connectivity index (χ0n) is 9.57. The van der Waals surface area contributed by atoms with E-state index in [0.717, 1.165) is 12.1 Å². The number of benzene rings is 1. The van der Waals surface area contributed by atoms with E-state index in [1.807, 2.05) is 0 Å². The highest BCUT2D eigenvalue weighted by Gasteiger charge is 2.17. The van der Waals surface area contributed by atoms with Gasteiger partial charge in [-0.05, 0) is 34.1 Å². The van der Waals surface area contributed by atoms with E-state index in [1.165, 1.54) is 18.5 Å². The molecular formula is C11H6BrCl2FN2O2S. The van der Waals surface area contributed by atoms with Crippen molar-refractivity contribution in [3.63, 3.8) is 0 Å². The summed E-state index contributed by atoms with van der Waals surface area (Å²) in [6.07, 6.45) is 2.63. The molecule has 0 atom stereocenters. The van der Waals surface area contributed by atoms with Crippen molar-refractivity contribution in [3.8, 4) is 0 Å². The number of nitrogens with zero attached hydrogens (tertiary/aromatic N) is 1. The second-order valence-electron chi connectivity index (χ2n) is 3.70. The SMILES string of the molecule is O=S(=O)(Nc1cc(Cl)c(F)c(Cl)c1)c1cncc(Br)c1. The molecule has 2 aromatic rings. The molecule has 0 saturated heterocycles. The molecule has 106 valence electrons. The zero-order chi connectivity index (χ0) is 14.9. The molecule has 9 heteroatoms. The molecule has 0 aliphatic rings. The minimum absolute atomic E-state index is 0.0524. The average molecular weight is 400 g/mol. The lowest BCUT2D eigenvalue weighted by molar-refractivity contribution is 0.600. The first-order valence-electron chi connectivity index (χ1n) is 5.07. The monoisotopic (exact) mass is 398 g/mol. The van der Waals surface area contributed by atoms with E-state index >= 15 is 0 Å². The van der Waals surface area contributed by atoms with Gasteiger partial charge in [-0.1, -0.05) is 23.2 Å². The van der Waals surface area contributed by atoms with Gasteiger partial charge in [0.1, 0.15) is 4.90 Å². The Morgan fingerprint density at radius 3 is 2.30 bits per heavy atom. The van der Waals surface area contributed by atoms with Crippen LogP contribution < -0.4 is 4.72 Å². The van der Waals surface area contributed by atoms with Gasteiger partial charge in [0.25, 0.3) is 10.0 Å². The largest absolute Gasteiger partial charge is 0.279 e. The van der Waals surface area contributed by atoms with Crippen molar-refractivity contribution < 1.29 is 12.8 Å². The summed E-state index contributed by atoms with van der Waals surface area (Å²) in [4.78, 5) is 3.71. The maximum Gasteiger partial charge on any atom is 0.263 e. The van der Waals surface area contributed by atoms with Crippen LogP contribution in [0.2, 0.25) is 10.0 Å². The van der Waals surface area contributed by atoms with Gasteiger partial charge in [0.05, 0.1) is 15.7 Å². The third-order valence-electron chi connectivity index (χ3n) is 2.23. The number of nitrogens with one attached hydrogen (secondary N) is 1. The molecule has 1 aromatic carbocycles. The van der Waals surface area contributed by atoms with E-state index in [1.54, 1.807) is 0 Å². The van der Waals surface area contributed by atoms with E-state index < -0.39 is 15.8 Å². The Bertz CT molecular complexity index is 748. The standard InChI is InChI=1S/C11H6BrCl2FN2O2S/c12-6-1-8(5-16-4-6)20(18,19)17-7-2-9(13)11(15)10(14)3-7/h1-5,17H. The van der Waals surface area contributed by atoms with Crippen molar-refractivity contribution in [2.45, 2.75) is 4.90 Å². The Labute approximate surface area is 133 Å². The first-order valence-corrected chi connectivity index (χ1v) is 8.11. The van der Waals surface area contributed by atoms with E-state index in [9.17, 15) is 12.8 Å². The van der Waals surface area contributed by atoms with Gasteiger partial charge >= 0.3 is 0 Å². The minimum atomic E-state index is -3.86. The molecule has 0 amide bonds. The van der Waals surface area contributed by atoms with Crippen molar-refractivity contribution in [3.05, 3.63) is 50.9 Å². The summed E-state index contributed by atoms with van der Waals surface area (Å²) >= 11 is 14.3. The van der Waals surface area contributed by atoms with Crippen molar-refractivity contribution in [2.75, 3.05) is 4.72 Å². The second kappa shape index (κ2) is 5.85. The van der Waals surface area contributed by atoms with Crippen molar-refractivity contribution >= 4 is 54.8 Å². The zero-order valence-corrected chi connectivity index (χ0v) is 13.5. The second-order valence-corrected chi connectivity index (χ2v) is 7.11. The summed E-state index contributed by atoms with van der Waals surface area (Å²) in [7, 11) is -3.86. The van der Waals surface area contributed by atoms with Crippen LogP contribution in [-0.2, 0) is 10.0 Å². The van der Waals surface area contributed by atoms with Crippen LogP contribution in [0.5, 0.6) is 0 Å². The molecule has 1 aromatic heterocycles. The fourth-order valence-corrected chi connectivity index (χ4v) is 3.40. The van der Waals surface area contributed by atoms with Gasteiger partial charge in [0, 0.05) is 16.9 Å². The number of halogens is 4. The fraction of sp³-hybridized carbons (Fsp3) is 0. The minimum Gasteiger partial charge on any atom is -0.279 e. The number of hydrogen-bond acceptors (Lipinski definition) is 3. The molecule has 0 aliphatic carbocycles. The molecular weight excluding hydrogens is 394 g/mol. The molecule has 1 heterocycles. The Kier molecular flexibility index (Phi) is 4.53. The molecule has 0 fully saturated rings. The van der Waals surface area contributed by atoms with Crippen LogP contribution in [0.4, 0.5) is 10.1 Å². The number of rotatable bonds is 3. The van der Waals surface area contributed by atoms with Gasteiger partial charge in [-0.2, -0.15) is 0 Å². The summed E-state index contributed by atoms with van der Waals surface area (Å²) in [6, 6.07) is 3.64. The Morgan fingerprint density at radius 2 is 1.75 bits per heavy atom. The maximum absolute atomic E-state index is 13.3. The van der Waals surface area contributed by atoms with E-state index in [-0.39, 0.29) is 20.6 Å². The Balaban J connectivity index is 2.38. The first-order chi connectivity index (χ1) is 9.29. The smallest absolute Gasteiger partial charge is 0.263 e. The lowest BCUT2D eigenvalue weighted by Crippen LogP contribution is -2.13. The Hall–Kier alpha value is -0.890. The van der Waals surface area contributed by atoms with Crippen LogP contribution in [0, 0.1) is 5.82 Å². The number of pyridine rings is 1. The van der Waals surface area contributed by atoms with Gasteiger partial charge in [-0.15, -0.1) is 0 Å². The summed E-state index contributed by atoms with van der Waals surface area (Å²) in [5, 5.41) is -0.551. The molecule has 0 spiro atoms. The highest BCUT2D eigenvalue weighted by molar-refractivity contribution is 9.10. The lowest BCUT2D eigenvalue weighted by atomic mass is 10.3. The third-order valence-corrected chi connectivity index (χ3v) is 4.56. The highest BCUT2D eigenvalue weighted by atomic mass is 79.9. The summed E-state index contributed by atoms with van der Waals surface area (Å²) in [6.45, 7) is 0. The van der Waals surface area contributed by atoms with Crippen LogP contribution in [0.25, 0.3) is 0 Å². The predicted molar refractivity (Wildman–Crippen MR) is 79.2 cm³/mol. The van der Waals surface area contributed by atoms with Gasteiger partial charge in [-0.25, -0.2) is 12.8 Å². The maximum atomic E-state index is 13.3. The van der Waals surface area contributed by atoms with Gasteiger partial charge in [0.15, 0.2) is 5.82 Å². The average Bonchev–Trinajstić information content (AvgIpc) is 2.35. The Morgan fingerprint density at radius 1 is 1.15 bits per heavy atom. The molecule has 20 heavy (non-hydrogen) atoms.